The van der Waals surface area contributed by atoms with Crippen LogP contribution in [-0.4, -0.2) is 24.6 Å². The van der Waals surface area contributed by atoms with E-state index in [4.69, 9.17) is 9.47 Å². The number of carbonyl (C=O) groups excluding carboxylic acids is 1. The lowest BCUT2D eigenvalue weighted by molar-refractivity contribution is 0.102. The number of benzene rings is 1. The number of carbonyl (C=O) groups is 1. The molecular weight excluding hydrogens is 268 g/mol. The number of hydrogen-bond donors (Lipinski definition) is 1. The van der Waals surface area contributed by atoms with Gasteiger partial charge in [0.05, 0.1) is 13.7 Å². The van der Waals surface area contributed by atoms with Crippen LogP contribution in [0.4, 0.5) is 5.82 Å². The number of aromatic nitrogens is 1. The van der Waals surface area contributed by atoms with Crippen molar-refractivity contribution in [2.24, 2.45) is 0 Å². The summed E-state index contributed by atoms with van der Waals surface area (Å²) in [5.74, 6) is 1.46. The molecule has 1 aromatic carbocycles. The molecule has 0 unspecified atom stereocenters. The van der Waals surface area contributed by atoms with Gasteiger partial charge in [-0.15, -0.1) is 0 Å². The van der Waals surface area contributed by atoms with Gasteiger partial charge in [0.1, 0.15) is 5.82 Å². The first kappa shape index (κ1) is 14.8. The van der Waals surface area contributed by atoms with E-state index in [1.54, 1.807) is 31.5 Å². The van der Waals surface area contributed by atoms with Crippen molar-refractivity contribution in [3.05, 3.63) is 47.7 Å². The number of aryl methyl sites for hydroxylation is 1. The number of anilines is 1. The number of nitrogens with zero attached hydrogens (tertiary/aromatic N) is 1. The highest BCUT2D eigenvalue weighted by atomic mass is 16.5. The molecule has 5 heteroatoms. The van der Waals surface area contributed by atoms with E-state index in [2.05, 4.69) is 10.3 Å². The first-order valence-electron chi connectivity index (χ1n) is 6.69. The van der Waals surface area contributed by atoms with E-state index >= 15 is 0 Å². The summed E-state index contributed by atoms with van der Waals surface area (Å²) in [7, 11) is 1.54. The summed E-state index contributed by atoms with van der Waals surface area (Å²) in [6.07, 6.45) is 1.64. The van der Waals surface area contributed by atoms with Crippen molar-refractivity contribution < 1.29 is 14.3 Å². The van der Waals surface area contributed by atoms with Crippen LogP contribution in [0.15, 0.2) is 36.5 Å². The SMILES string of the molecule is CCOc1ccc(C(=O)Nc2ncccc2C)cc1OC. The standard InChI is InChI=1S/C16H18N2O3/c1-4-21-13-8-7-12(10-14(13)20-3)16(19)18-15-11(2)6-5-9-17-15/h5-10H,4H2,1-3H3,(H,17,18,19). The van der Waals surface area contributed by atoms with Crippen molar-refractivity contribution in [1.82, 2.24) is 4.98 Å². The maximum Gasteiger partial charge on any atom is 0.256 e. The molecule has 0 fully saturated rings. The Morgan fingerprint density at radius 3 is 2.76 bits per heavy atom. The molecule has 1 aromatic heterocycles. The molecule has 0 radical (unpaired) electrons. The third-order valence-corrected chi connectivity index (χ3v) is 2.97. The fraction of sp³-hybridized carbons (Fsp3) is 0.250. The highest BCUT2D eigenvalue weighted by Gasteiger charge is 2.12. The van der Waals surface area contributed by atoms with Gasteiger partial charge < -0.3 is 14.8 Å². The van der Waals surface area contributed by atoms with Gasteiger partial charge in [0.15, 0.2) is 11.5 Å². The summed E-state index contributed by atoms with van der Waals surface area (Å²) in [6.45, 7) is 4.32. The minimum atomic E-state index is -0.238. The molecule has 1 heterocycles. The minimum absolute atomic E-state index is 0.238. The number of rotatable bonds is 5. The average molecular weight is 286 g/mol. The maximum atomic E-state index is 12.3. The van der Waals surface area contributed by atoms with Crippen molar-refractivity contribution in [1.29, 1.82) is 0 Å². The van der Waals surface area contributed by atoms with Crippen molar-refractivity contribution in [3.8, 4) is 11.5 Å². The van der Waals surface area contributed by atoms with E-state index < -0.39 is 0 Å². The monoisotopic (exact) mass is 286 g/mol. The second kappa shape index (κ2) is 6.74. The Bertz CT molecular complexity index is 641. The molecule has 0 spiro atoms. The zero-order chi connectivity index (χ0) is 15.2. The van der Waals surface area contributed by atoms with Crippen LogP contribution in [0.2, 0.25) is 0 Å². The Kier molecular flexibility index (Phi) is 4.77. The van der Waals surface area contributed by atoms with Gasteiger partial charge in [-0.2, -0.15) is 0 Å². The Balaban J connectivity index is 2.21. The van der Waals surface area contributed by atoms with Gasteiger partial charge in [-0.3, -0.25) is 4.79 Å². The topological polar surface area (TPSA) is 60.5 Å². The normalized spacial score (nSPS) is 10.0. The summed E-state index contributed by atoms with van der Waals surface area (Å²) in [5, 5.41) is 2.78. The van der Waals surface area contributed by atoms with E-state index in [9.17, 15) is 4.79 Å². The summed E-state index contributed by atoms with van der Waals surface area (Å²) in [6, 6.07) is 8.79. The zero-order valence-electron chi connectivity index (χ0n) is 12.3. The van der Waals surface area contributed by atoms with Gasteiger partial charge >= 0.3 is 0 Å². The molecule has 1 N–H and O–H groups in total. The predicted octanol–water partition coefficient (Wildman–Crippen LogP) is 3.05. The number of pyridine rings is 1. The fourth-order valence-corrected chi connectivity index (χ4v) is 1.88. The number of methoxy groups -OCH3 is 1. The summed E-state index contributed by atoms with van der Waals surface area (Å²) in [5.41, 5.74) is 1.39. The van der Waals surface area contributed by atoms with E-state index in [1.807, 2.05) is 26.0 Å². The quantitative estimate of drug-likeness (QED) is 0.917. The van der Waals surface area contributed by atoms with Crippen molar-refractivity contribution in [3.63, 3.8) is 0 Å². The summed E-state index contributed by atoms with van der Waals surface area (Å²) >= 11 is 0. The molecule has 0 bridgehead atoms. The first-order valence-corrected chi connectivity index (χ1v) is 6.69. The van der Waals surface area contributed by atoms with Gasteiger partial charge in [0, 0.05) is 11.8 Å². The fourth-order valence-electron chi connectivity index (χ4n) is 1.88. The summed E-state index contributed by atoms with van der Waals surface area (Å²) < 4.78 is 10.7. The molecule has 0 atom stereocenters. The Hall–Kier alpha value is -2.56. The average Bonchev–Trinajstić information content (AvgIpc) is 2.50. The molecule has 21 heavy (non-hydrogen) atoms. The smallest absolute Gasteiger partial charge is 0.256 e. The maximum absolute atomic E-state index is 12.3. The molecule has 0 saturated heterocycles. The molecule has 110 valence electrons. The number of nitrogens with one attached hydrogen (secondary N) is 1. The van der Waals surface area contributed by atoms with Gasteiger partial charge in [-0.25, -0.2) is 4.98 Å². The highest BCUT2D eigenvalue weighted by Crippen LogP contribution is 2.28. The van der Waals surface area contributed by atoms with Crippen LogP contribution < -0.4 is 14.8 Å². The zero-order valence-corrected chi connectivity index (χ0v) is 12.3. The van der Waals surface area contributed by atoms with Crippen LogP contribution in [0.3, 0.4) is 0 Å². The Morgan fingerprint density at radius 2 is 2.10 bits per heavy atom. The van der Waals surface area contributed by atoms with E-state index in [0.29, 0.717) is 29.5 Å². The third kappa shape index (κ3) is 3.51. The van der Waals surface area contributed by atoms with E-state index in [0.717, 1.165) is 5.56 Å². The largest absolute Gasteiger partial charge is 0.493 e. The molecule has 1 amide bonds. The molecule has 2 aromatic rings. The summed E-state index contributed by atoms with van der Waals surface area (Å²) in [4.78, 5) is 16.4. The van der Waals surface area contributed by atoms with Crippen LogP contribution in [-0.2, 0) is 0 Å². The van der Waals surface area contributed by atoms with Crippen molar-refractivity contribution >= 4 is 11.7 Å². The second-order valence-electron chi connectivity index (χ2n) is 4.42. The van der Waals surface area contributed by atoms with Gasteiger partial charge in [-0.05, 0) is 43.7 Å². The Labute approximate surface area is 123 Å². The van der Waals surface area contributed by atoms with Crippen LogP contribution in [0.1, 0.15) is 22.8 Å². The van der Waals surface area contributed by atoms with Crippen molar-refractivity contribution in [2.75, 3.05) is 19.0 Å². The van der Waals surface area contributed by atoms with E-state index in [1.165, 1.54) is 0 Å². The van der Waals surface area contributed by atoms with Gasteiger partial charge in [0.2, 0.25) is 0 Å². The lowest BCUT2D eigenvalue weighted by Crippen LogP contribution is -2.14. The van der Waals surface area contributed by atoms with Crippen LogP contribution in [0.25, 0.3) is 0 Å². The molecule has 2 rings (SSSR count). The molecule has 0 saturated carbocycles. The van der Waals surface area contributed by atoms with Crippen LogP contribution in [0.5, 0.6) is 11.5 Å². The predicted molar refractivity (Wildman–Crippen MR) is 81.1 cm³/mol. The highest BCUT2D eigenvalue weighted by molar-refractivity contribution is 6.04. The molecule has 0 aliphatic rings. The van der Waals surface area contributed by atoms with E-state index in [-0.39, 0.29) is 5.91 Å². The lowest BCUT2D eigenvalue weighted by Gasteiger charge is -2.11. The number of hydrogen-bond acceptors (Lipinski definition) is 4. The van der Waals surface area contributed by atoms with Crippen molar-refractivity contribution in [2.45, 2.75) is 13.8 Å². The molecule has 0 aliphatic carbocycles. The lowest BCUT2D eigenvalue weighted by atomic mass is 10.2. The molecule has 0 aliphatic heterocycles. The first-order chi connectivity index (χ1) is 10.2. The van der Waals surface area contributed by atoms with Gasteiger partial charge in [-0.1, -0.05) is 6.07 Å². The number of ether oxygens (including phenoxy) is 2. The third-order valence-electron chi connectivity index (χ3n) is 2.97. The van der Waals surface area contributed by atoms with Gasteiger partial charge in [0.25, 0.3) is 5.91 Å². The van der Waals surface area contributed by atoms with Crippen LogP contribution >= 0.6 is 0 Å². The molecular formula is C16H18N2O3. The second-order valence-corrected chi connectivity index (χ2v) is 4.42. The van der Waals surface area contributed by atoms with Crippen LogP contribution in [0, 0.1) is 6.92 Å². The molecule has 5 nitrogen and oxygen atoms in total. The number of amides is 1. The minimum Gasteiger partial charge on any atom is -0.493 e. The Morgan fingerprint density at radius 1 is 1.29 bits per heavy atom.